The third kappa shape index (κ3) is 4.48. The number of amides is 2. The van der Waals surface area contributed by atoms with Crippen molar-refractivity contribution in [1.82, 2.24) is 10.2 Å². The number of nitrogens with zero attached hydrogens (tertiary/aromatic N) is 1. The molecule has 2 aromatic rings. The van der Waals surface area contributed by atoms with Crippen molar-refractivity contribution in [2.24, 2.45) is 5.92 Å². The topological polar surface area (TPSA) is 58.6 Å². The van der Waals surface area contributed by atoms with Gasteiger partial charge in [-0.2, -0.15) is 0 Å². The summed E-state index contributed by atoms with van der Waals surface area (Å²) < 4.78 is 19.2. The fourth-order valence-electron chi connectivity index (χ4n) is 6.22. The van der Waals surface area contributed by atoms with E-state index in [0.717, 1.165) is 50.5 Å². The van der Waals surface area contributed by atoms with Crippen molar-refractivity contribution in [2.45, 2.75) is 62.4 Å². The summed E-state index contributed by atoms with van der Waals surface area (Å²) in [4.78, 5) is 29.0. The molecule has 5 rings (SSSR count). The minimum atomic E-state index is -0.453. The first-order valence-corrected chi connectivity index (χ1v) is 12.6. The van der Waals surface area contributed by atoms with Crippen LogP contribution in [0.5, 0.6) is 0 Å². The number of likely N-dealkylation sites (tertiary alicyclic amines) is 1. The van der Waals surface area contributed by atoms with Gasteiger partial charge in [-0.3, -0.25) is 9.59 Å². The summed E-state index contributed by atoms with van der Waals surface area (Å²) in [5.74, 6) is -0.00829. The number of nitrogens with one attached hydrogen (secondary N) is 1. The van der Waals surface area contributed by atoms with Crippen LogP contribution in [0.15, 0.2) is 54.6 Å². The molecule has 2 saturated heterocycles. The van der Waals surface area contributed by atoms with Crippen LogP contribution in [0.2, 0.25) is 0 Å². The number of rotatable bonds is 5. The van der Waals surface area contributed by atoms with Gasteiger partial charge in [0.05, 0.1) is 0 Å². The molecule has 3 atom stereocenters. The molecule has 3 fully saturated rings. The molecule has 1 aliphatic carbocycles. The van der Waals surface area contributed by atoms with Crippen LogP contribution in [0.3, 0.4) is 0 Å². The van der Waals surface area contributed by atoms with Crippen LogP contribution in [0.25, 0.3) is 0 Å². The fourth-order valence-corrected chi connectivity index (χ4v) is 6.22. The number of fused-ring (bicyclic) bond motifs is 1. The van der Waals surface area contributed by atoms with Crippen molar-refractivity contribution in [2.75, 3.05) is 19.8 Å². The lowest BCUT2D eigenvalue weighted by Crippen LogP contribution is -2.52. The van der Waals surface area contributed by atoms with E-state index in [-0.39, 0.29) is 29.1 Å². The van der Waals surface area contributed by atoms with E-state index < -0.39 is 6.04 Å². The molecule has 2 aliphatic heterocycles. The first kappa shape index (κ1) is 23.0. The average molecular weight is 465 g/mol. The summed E-state index contributed by atoms with van der Waals surface area (Å²) in [6.45, 7) is 1.68. The highest BCUT2D eigenvalue weighted by Gasteiger charge is 2.48. The Kier molecular flexibility index (Phi) is 6.68. The van der Waals surface area contributed by atoms with E-state index in [1.807, 2.05) is 47.4 Å². The smallest absolute Gasteiger partial charge is 0.254 e. The molecule has 1 N–H and O–H groups in total. The Labute approximate surface area is 200 Å². The number of carbonyl (C=O) groups excluding carboxylic acids is 2. The van der Waals surface area contributed by atoms with Gasteiger partial charge in [0.1, 0.15) is 11.9 Å². The number of ether oxygens (including phenoxy) is 1. The molecule has 3 unspecified atom stereocenters. The number of carbonyl (C=O) groups is 2. The average Bonchev–Trinajstić information content (AvgIpc) is 3.28. The first-order valence-electron chi connectivity index (χ1n) is 12.6. The van der Waals surface area contributed by atoms with E-state index >= 15 is 0 Å². The van der Waals surface area contributed by atoms with Gasteiger partial charge in [0, 0.05) is 36.8 Å². The zero-order valence-electron chi connectivity index (χ0n) is 19.5. The van der Waals surface area contributed by atoms with Gasteiger partial charge in [0.15, 0.2) is 0 Å². The van der Waals surface area contributed by atoms with Crippen molar-refractivity contribution in [3.05, 3.63) is 71.5 Å². The minimum absolute atomic E-state index is 0.0468. The van der Waals surface area contributed by atoms with E-state index in [4.69, 9.17) is 4.74 Å². The van der Waals surface area contributed by atoms with E-state index in [9.17, 15) is 14.0 Å². The Morgan fingerprint density at radius 1 is 1.00 bits per heavy atom. The van der Waals surface area contributed by atoms with Crippen LogP contribution in [0.4, 0.5) is 4.39 Å². The summed E-state index contributed by atoms with van der Waals surface area (Å²) in [6.07, 6.45) is 6.55. The van der Waals surface area contributed by atoms with Crippen LogP contribution >= 0.6 is 0 Å². The molecule has 0 spiro atoms. The van der Waals surface area contributed by atoms with Gasteiger partial charge < -0.3 is 15.0 Å². The molecule has 0 radical (unpaired) electrons. The molecule has 1 saturated carbocycles. The molecular formula is C28H33FN2O3. The van der Waals surface area contributed by atoms with Gasteiger partial charge in [0.2, 0.25) is 5.91 Å². The zero-order chi connectivity index (χ0) is 23.5. The maximum Gasteiger partial charge on any atom is 0.254 e. The van der Waals surface area contributed by atoms with Crippen LogP contribution in [-0.2, 0) is 14.9 Å². The number of hydrogen-bond donors (Lipinski definition) is 1. The summed E-state index contributed by atoms with van der Waals surface area (Å²) in [5, 5.41) is 3.21. The maximum atomic E-state index is 13.6. The highest BCUT2D eigenvalue weighted by molar-refractivity contribution is 5.98. The Hall–Kier alpha value is -2.73. The molecule has 6 heteroatoms. The van der Waals surface area contributed by atoms with Crippen molar-refractivity contribution >= 4 is 11.8 Å². The second-order valence-electron chi connectivity index (χ2n) is 10.1. The van der Waals surface area contributed by atoms with Crippen molar-refractivity contribution in [3.63, 3.8) is 0 Å². The van der Waals surface area contributed by atoms with Crippen LogP contribution in [0.1, 0.15) is 60.9 Å². The Morgan fingerprint density at radius 2 is 1.71 bits per heavy atom. The molecule has 2 heterocycles. The van der Waals surface area contributed by atoms with Gasteiger partial charge in [-0.15, -0.1) is 0 Å². The molecule has 5 nitrogen and oxygen atoms in total. The van der Waals surface area contributed by atoms with E-state index in [2.05, 4.69) is 5.32 Å². The molecule has 34 heavy (non-hydrogen) atoms. The molecule has 0 aromatic heterocycles. The van der Waals surface area contributed by atoms with E-state index in [0.29, 0.717) is 31.2 Å². The molecule has 2 aromatic carbocycles. The van der Waals surface area contributed by atoms with Crippen LogP contribution in [0, 0.1) is 11.7 Å². The lowest BCUT2D eigenvalue weighted by Gasteiger charge is -2.39. The quantitative estimate of drug-likeness (QED) is 0.711. The van der Waals surface area contributed by atoms with Crippen molar-refractivity contribution in [3.8, 4) is 0 Å². The van der Waals surface area contributed by atoms with Gasteiger partial charge in [-0.1, -0.05) is 43.2 Å². The predicted octanol–water partition coefficient (Wildman–Crippen LogP) is 4.46. The SMILES string of the molecule is O=C(NCC1(c2ccc(F)cc2)CCOCC1)C1CC2CCCCC2N1C(=O)c1ccccc1. The van der Waals surface area contributed by atoms with Gasteiger partial charge in [0.25, 0.3) is 5.91 Å². The van der Waals surface area contributed by atoms with E-state index in [1.54, 1.807) is 0 Å². The van der Waals surface area contributed by atoms with Crippen LogP contribution < -0.4 is 5.32 Å². The molecule has 0 bridgehead atoms. The van der Waals surface area contributed by atoms with Gasteiger partial charge in [-0.05, 0) is 67.9 Å². The molecule has 180 valence electrons. The molecule has 3 aliphatic rings. The highest BCUT2D eigenvalue weighted by atomic mass is 19.1. The number of hydrogen-bond acceptors (Lipinski definition) is 3. The number of halogens is 1. The second kappa shape index (κ2) is 9.87. The van der Waals surface area contributed by atoms with Gasteiger partial charge in [-0.25, -0.2) is 4.39 Å². The summed E-state index contributed by atoms with van der Waals surface area (Å²) in [5.41, 5.74) is 1.37. The predicted molar refractivity (Wildman–Crippen MR) is 128 cm³/mol. The second-order valence-corrected chi connectivity index (χ2v) is 10.1. The fraction of sp³-hybridized carbons (Fsp3) is 0.500. The third-order valence-electron chi connectivity index (χ3n) is 8.15. The Balaban J connectivity index is 1.36. The maximum absolute atomic E-state index is 13.6. The zero-order valence-corrected chi connectivity index (χ0v) is 19.5. The highest BCUT2D eigenvalue weighted by Crippen LogP contribution is 2.41. The first-order chi connectivity index (χ1) is 16.6. The summed E-state index contributed by atoms with van der Waals surface area (Å²) >= 11 is 0. The largest absolute Gasteiger partial charge is 0.381 e. The Bertz CT molecular complexity index is 1000. The summed E-state index contributed by atoms with van der Waals surface area (Å²) in [6, 6.07) is 15.6. The lowest BCUT2D eigenvalue weighted by molar-refractivity contribution is -0.125. The van der Waals surface area contributed by atoms with Crippen molar-refractivity contribution < 1.29 is 18.7 Å². The molecule has 2 amide bonds. The van der Waals surface area contributed by atoms with Gasteiger partial charge >= 0.3 is 0 Å². The third-order valence-corrected chi connectivity index (χ3v) is 8.15. The van der Waals surface area contributed by atoms with Crippen LogP contribution in [-0.4, -0.2) is 48.6 Å². The number of benzene rings is 2. The van der Waals surface area contributed by atoms with Crippen molar-refractivity contribution in [1.29, 1.82) is 0 Å². The summed E-state index contributed by atoms with van der Waals surface area (Å²) in [7, 11) is 0. The monoisotopic (exact) mass is 464 g/mol. The van der Waals surface area contributed by atoms with E-state index in [1.165, 1.54) is 12.1 Å². The normalized spacial score (nSPS) is 26.0. The molecular weight excluding hydrogens is 431 g/mol. The lowest BCUT2D eigenvalue weighted by atomic mass is 9.74. The minimum Gasteiger partial charge on any atom is -0.381 e. The Morgan fingerprint density at radius 3 is 2.44 bits per heavy atom. The standard InChI is InChI=1S/C28H33FN2O3/c29-23-12-10-22(11-13-23)28(14-16-34-17-15-28)19-30-26(32)25-18-21-8-4-5-9-24(21)31(25)27(33)20-6-2-1-3-7-20/h1-3,6-7,10-13,21,24-25H,4-5,8-9,14-19H2,(H,30,32).